The van der Waals surface area contributed by atoms with Gasteiger partial charge in [0.2, 0.25) is 5.91 Å². The Morgan fingerprint density at radius 3 is 2.24 bits per heavy atom. The lowest BCUT2D eigenvalue weighted by atomic mass is 10.1. The first-order chi connectivity index (χ1) is 10.1. The highest BCUT2D eigenvalue weighted by atomic mass is 32.2. The zero-order valence-electron chi connectivity index (χ0n) is 11.2. The van der Waals surface area contributed by atoms with Gasteiger partial charge < -0.3 is 11.5 Å². The van der Waals surface area contributed by atoms with Crippen molar-refractivity contribution in [2.24, 2.45) is 5.84 Å². The molecule has 0 fully saturated rings. The molecule has 110 valence electrons. The van der Waals surface area contributed by atoms with E-state index in [0.717, 1.165) is 11.1 Å². The standard InChI is InChI=1S/C13H16N6OS/c14-10-6-11(15)18-13(17-10)21-7-9-3-1-8(2-4-9)5-12(20)19-16/h1-4,6H,5,7,16H2,(H,19,20)(H4,14,15,17,18). The largest absolute Gasteiger partial charge is 0.383 e. The first-order valence-electron chi connectivity index (χ1n) is 6.17. The Hall–Kier alpha value is -2.32. The molecule has 0 aliphatic rings. The van der Waals surface area contributed by atoms with Crippen LogP contribution in [0.4, 0.5) is 11.6 Å². The van der Waals surface area contributed by atoms with Crippen molar-refractivity contribution in [3.8, 4) is 0 Å². The number of hydrogen-bond donors (Lipinski definition) is 4. The minimum absolute atomic E-state index is 0.222. The summed E-state index contributed by atoms with van der Waals surface area (Å²) in [6.45, 7) is 0. The molecule has 7 nitrogen and oxygen atoms in total. The van der Waals surface area contributed by atoms with Crippen LogP contribution < -0.4 is 22.7 Å². The number of nitrogens with zero attached hydrogens (tertiary/aromatic N) is 2. The molecular weight excluding hydrogens is 288 g/mol. The molecule has 1 aromatic heterocycles. The van der Waals surface area contributed by atoms with E-state index in [4.69, 9.17) is 17.3 Å². The number of carbonyl (C=O) groups is 1. The van der Waals surface area contributed by atoms with E-state index in [1.807, 2.05) is 24.3 Å². The smallest absolute Gasteiger partial charge is 0.238 e. The van der Waals surface area contributed by atoms with Crippen molar-refractivity contribution in [1.29, 1.82) is 0 Å². The van der Waals surface area contributed by atoms with Crippen LogP contribution in [0.3, 0.4) is 0 Å². The van der Waals surface area contributed by atoms with E-state index in [9.17, 15) is 4.79 Å². The molecule has 0 saturated carbocycles. The summed E-state index contributed by atoms with van der Waals surface area (Å²) < 4.78 is 0. The minimum Gasteiger partial charge on any atom is -0.383 e. The fourth-order valence-corrected chi connectivity index (χ4v) is 2.49. The van der Waals surface area contributed by atoms with Gasteiger partial charge >= 0.3 is 0 Å². The predicted molar refractivity (Wildman–Crippen MR) is 82.9 cm³/mol. The third-order valence-electron chi connectivity index (χ3n) is 2.66. The molecule has 2 aromatic rings. The monoisotopic (exact) mass is 304 g/mol. The number of amides is 1. The molecule has 0 radical (unpaired) electrons. The van der Waals surface area contributed by atoms with Gasteiger partial charge in [0.15, 0.2) is 5.16 Å². The average Bonchev–Trinajstić information content (AvgIpc) is 2.45. The zero-order chi connectivity index (χ0) is 15.2. The number of hydrazine groups is 1. The van der Waals surface area contributed by atoms with Crippen molar-refractivity contribution in [1.82, 2.24) is 15.4 Å². The summed E-state index contributed by atoms with van der Waals surface area (Å²) in [6, 6.07) is 9.18. The molecule has 7 N–H and O–H groups in total. The summed E-state index contributed by atoms with van der Waals surface area (Å²) in [5, 5.41) is 0.541. The maximum atomic E-state index is 11.2. The maximum absolute atomic E-state index is 11.2. The maximum Gasteiger partial charge on any atom is 0.238 e. The van der Waals surface area contributed by atoms with E-state index >= 15 is 0 Å². The van der Waals surface area contributed by atoms with Crippen LogP contribution in [0.15, 0.2) is 35.5 Å². The van der Waals surface area contributed by atoms with Gasteiger partial charge in [-0.2, -0.15) is 0 Å². The second-order valence-electron chi connectivity index (χ2n) is 4.35. The molecular formula is C13H16N6OS. The van der Waals surface area contributed by atoms with Gasteiger partial charge in [-0.25, -0.2) is 15.8 Å². The lowest BCUT2D eigenvalue weighted by molar-refractivity contribution is -0.120. The second kappa shape index (κ2) is 6.91. The number of aromatic nitrogens is 2. The highest BCUT2D eigenvalue weighted by molar-refractivity contribution is 7.98. The molecule has 0 saturated heterocycles. The van der Waals surface area contributed by atoms with Gasteiger partial charge in [-0.1, -0.05) is 36.0 Å². The van der Waals surface area contributed by atoms with Gasteiger partial charge in [-0.05, 0) is 11.1 Å². The number of nitrogens with two attached hydrogens (primary N) is 3. The van der Waals surface area contributed by atoms with Crippen molar-refractivity contribution in [3.05, 3.63) is 41.5 Å². The molecule has 8 heteroatoms. The number of thioether (sulfide) groups is 1. The number of nitrogens with one attached hydrogen (secondary N) is 1. The summed E-state index contributed by atoms with van der Waals surface area (Å²) in [5.74, 6) is 6.22. The lowest BCUT2D eigenvalue weighted by Gasteiger charge is -2.04. The number of benzene rings is 1. The molecule has 1 heterocycles. The van der Waals surface area contributed by atoms with Gasteiger partial charge in [0.25, 0.3) is 0 Å². The third-order valence-corrected chi connectivity index (χ3v) is 3.58. The van der Waals surface area contributed by atoms with Gasteiger partial charge in [0, 0.05) is 11.8 Å². The van der Waals surface area contributed by atoms with Crippen molar-refractivity contribution >= 4 is 29.3 Å². The third kappa shape index (κ3) is 4.62. The SMILES string of the molecule is NNC(=O)Cc1ccc(CSc2nc(N)cc(N)n2)cc1. The number of hydrogen-bond acceptors (Lipinski definition) is 7. The first-order valence-corrected chi connectivity index (χ1v) is 7.15. The molecule has 0 bridgehead atoms. The van der Waals surface area contributed by atoms with Crippen LogP contribution >= 0.6 is 11.8 Å². The topological polar surface area (TPSA) is 133 Å². The van der Waals surface area contributed by atoms with E-state index in [2.05, 4.69) is 15.4 Å². The van der Waals surface area contributed by atoms with Crippen LogP contribution in [0.5, 0.6) is 0 Å². The quantitative estimate of drug-likeness (QED) is 0.207. The van der Waals surface area contributed by atoms with E-state index in [1.165, 1.54) is 17.8 Å². The number of anilines is 2. The van der Waals surface area contributed by atoms with Gasteiger partial charge in [-0.15, -0.1) is 0 Å². The number of nitrogen functional groups attached to an aromatic ring is 2. The van der Waals surface area contributed by atoms with Crippen molar-refractivity contribution in [2.45, 2.75) is 17.3 Å². The summed E-state index contributed by atoms with van der Waals surface area (Å²) >= 11 is 1.44. The Bertz CT molecular complexity index is 611. The van der Waals surface area contributed by atoms with E-state index < -0.39 is 0 Å². The predicted octanol–water partition coefficient (Wildman–Crippen LogP) is 0.466. The van der Waals surface area contributed by atoms with Crippen LogP contribution in [-0.2, 0) is 17.0 Å². The average molecular weight is 304 g/mol. The van der Waals surface area contributed by atoms with E-state index in [0.29, 0.717) is 22.5 Å². The number of carbonyl (C=O) groups excluding carboxylic acids is 1. The molecule has 0 spiro atoms. The molecule has 1 aromatic carbocycles. The summed E-state index contributed by atoms with van der Waals surface area (Å²) in [5.41, 5.74) is 15.3. The summed E-state index contributed by atoms with van der Waals surface area (Å²) in [4.78, 5) is 19.4. The second-order valence-corrected chi connectivity index (χ2v) is 5.29. The molecule has 0 aliphatic heterocycles. The zero-order valence-corrected chi connectivity index (χ0v) is 12.1. The molecule has 2 rings (SSSR count). The molecule has 1 amide bonds. The van der Waals surface area contributed by atoms with Crippen LogP contribution in [0, 0.1) is 0 Å². The van der Waals surface area contributed by atoms with E-state index in [1.54, 1.807) is 0 Å². The van der Waals surface area contributed by atoms with Crippen LogP contribution in [0.2, 0.25) is 0 Å². The Morgan fingerprint density at radius 1 is 1.10 bits per heavy atom. The van der Waals surface area contributed by atoms with Gasteiger partial charge in [0.05, 0.1) is 6.42 Å². The fraction of sp³-hybridized carbons (Fsp3) is 0.154. The van der Waals surface area contributed by atoms with Crippen LogP contribution in [0.1, 0.15) is 11.1 Å². The van der Waals surface area contributed by atoms with Gasteiger partial charge in [-0.3, -0.25) is 10.2 Å². The molecule has 0 unspecified atom stereocenters. The summed E-state index contributed by atoms with van der Waals surface area (Å²) in [7, 11) is 0. The van der Waals surface area contributed by atoms with E-state index in [-0.39, 0.29) is 12.3 Å². The minimum atomic E-state index is -0.222. The van der Waals surface area contributed by atoms with Crippen molar-refractivity contribution in [2.75, 3.05) is 11.5 Å². The van der Waals surface area contributed by atoms with Gasteiger partial charge in [0.1, 0.15) is 11.6 Å². The number of rotatable bonds is 5. The first kappa shape index (κ1) is 15.1. The molecule has 0 atom stereocenters. The fourth-order valence-electron chi connectivity index (χ4n) is 1.66. The van der Waals surface area contributed by atoms with Crippen LogP contribution in [0.25, 0.3) is 0 Å². The normalized spacial score (nSPS) is 10.3. The summed E-state index contributed by atoms with van der Waals surface area (Å²) in [6.07, 6.45) is 0.263. The Labute approximate surface area is 126 Å². The molecule has 21 heavy (non-hydrogen) atoms. The molecule has 0 aliphatic carbocycles. The van der Waals surface area contributed by atoms with Crippen molar-refractivity contribution < 1.29 is 4.79 Å². The highest BCUT2D eigenvalue weighted by Gasteiger charge is 2.04. The van der Waals surface area contributed by atoms with Crippen molar-refractivity contribution in [3.63, 3.8) is 0 Å². The lowest BCUT2D eigenvalue weighted by Crippen LogP contribution is -2.31. The highest BCUT2D eigenvalue weighted by Crippen LogP contribution is 2.21. The van der Waals surface area contributed by atoms with Crippen LogP contribution in [-0.4, -0.2) is 15.9 Å². The Kier molecular flexibility index (Phi) is 4.96. The Morgan fingerprint density at radius 2 is 1.67 bits per heavy atom. The Balaban J connectivity index is 1.95.